The number of amides is 1. The van der Waals surface area contributed by atoms with Gasteiger partial charge in [-0.3, -0.25) is 13.8 Å². The van der Waals surface area contributed by atoms with Gasteiger partial charge in [-0.25, -0.2) is 4.57 Å². The van der Waals surface area contributed by atoms with Gasteiger partial charge >= 0.3 is 7.82 Å². The molecule has 1 amide bonds. The lowest BCUT2D eigenvalue weighted by molar-refractivity contribution is -0.870. The van der Waals surface area contributed by atoms with E-state index in [1.165, 1.54) is 186 Å². The molecule has 3 atom stereocenters. The van der Waals surface area contributed by atoms with E-state index in [1.807, 2.05) is 27.2 Å². The average molecular weight is 1260 g/mol. The van der Waals surface area contributed by atoms with Crippen molar-refractivity contribution in [2.24, 2.45) is 0 Å². The van der Waals surface area contributed by atoms with Gasteiger partial charge < -0.3 is 19.8 Å². The molecule has 9 heteroatoms. The minimum atomic E-state index is -4.38. The van der Waals surface area contributed by atoms with Crippen molar-refractivity contribution in [2.45, 2.75) is 328 Å². The van der Waals surface area contributed by atoms with Crippen LogP contribution >= 0.6 is 7.82 Å². The minimum absolute atomic E-state index is 0.0473. The second-order valence-corrected chi connectivity index (χ2v) is 27.4. The van der Waals surface area contributed by atoms with Crippen LogP contribution in [0.3, 0.4) is 0 Å². The fourth-order valence-corrected chi connectivity index (χ4v) is 11.1. The maximum atomic E-state index is 13.1. The van der Waals surface area contributed by atoms with Crippen LogP contribution in [0.4, 0.5) is 0 Å². The zero-order chi connectivity index (χ0) is 64.8. The number of carbonyl (C=O) groups is 1. The lowest BCUT2D eigenvalue weighted by Gasteiger charge is -2.25. The Morgan fingerprint density at radius 1 is 0.393 bits per heavy atom. The summed E-state index contributed by atoms with van der Waals surface area (Å²) in [4.78, 5) is 23.4. The smallest absolute Gasteiger partial charge is 0.387 e. The first-order valence-corrected chi connectivity index (χ1v) is 38.6. The molecule has 0 aliphatic carbocycles. The number of unbranched alkanes of at least 4 members (excludes halogenated alkanes) is 34. The molecule has 0 aliphatic heterocycles. The molecule has 0 heterocycles. The van der Waals surface area contributed by atoms with Crippen molar-refractivity contribution in [3.05, 3.63) is 134 Å². The van der Waals surface area contributed by atoms with Crippen LogP contribution < -0.4 is 5.32 Å². The average Bonchev–Trinajstić information content (AvgIpc) is 3.64. The molecular formula is C80H142N2O6P+. The molecule has 0 radical (unpaired) electrons. The summed E-state index contributed by atoms with van der Waals surface area (Å²) in [5.74, 6) is -0.200. The van der Waals surface area contributed by atoms with Crippen molar-refractivity contribution in [1.29, 1.82) is 0 Å². The summed E-state index contributed by atoms with van der Waals surface area (Å²) < 4.78 is 23.8. The normalized spacial score (nSPS) is 14.4. The Balaban J connectivity index is 4.16. The number of carbonyl (C=O) groups excluding carboxylic acids is 1. The van der Waals surface area contributed by atoms with Crippen LogP contribution in [0.15, 0.2) is 134 Å². The van der Waals surface area contributed by atoms with Crippen molar-refractivity contribution in [2.75, 3.05) is 40.9 Å². The van der Waals surface area contributed by atoms with E-state index in [9.17, 15) is 19.4 Å². The third kappa shape index (κ3) is 71.9. The summed E-state index contributed by atoms with van der Waals surface area (Å²) >= 11 is 0. The van der Waals surface area contributed by atoms with Crippen LogP contribution in [0, 0.1) is 0 Å². The monoisotopic (exact) mass is 1260 g/mol. The van der Waals surface area contributed by atoms with Gasteiger partial charge in [0.05, 0.1) is 39.9 Å². The molecular weight excluding hydrogens is 1120 g/mol. The van der Waals surface area contributed by atoms with Crippen molar-refractivity contribution in [1.82, 2.24) is 5.32 Å². The third-order valence-electron chi connectivity index (χ3n) is 16.1. The summed E-state index contributed by atoms with van der Waals surface area (Å²) in [6.45, 7) is 4.69. The van der Waals surface area contributed by atoms with Crippen LogP contribution in [0.1, 0.15) is 316 Å². The third-order valence-corrected chi connectivity index (χ3v) is 17.1. The topological polar surface area (TPSA) is 105 Å². The molecule has 8 nitrogen and oxygen atoms in total. The summed E-state index contributed by atoms with van der Waals surface area (Å²) in [7, 11) is 1.54. The van der Waals surface area contributed by atoms with Gasteiger partial charge in [0.15, 0.2) is 0 Å². The van der Waals surface area contributed by atoms with E-state index in [0.29, 0.717) is 17.4 Å². The van der Waals surface area contributed by atoms with Crippen molar-refractivity contribution in [3.8, 4) is 0 Å². The zero-order valence-electron chi connectivity index (χ0n) is 58.6. The fourth-order valence-electron chi connectivity index (χ4n) is 10.4. The fraction of sp³-hybridized carbons (Fsp3) is 0.713. The number of aliphatic hydroxyl groups is 1. The predicted octanol–water partition coefficient (Wildman–Crippen LogP) is 24.2. The number of hydrogen-bond donors (Lipinski definition) is 3. The van der Waals surface area contributed by atoms with Gasteiger partial charge in [0.1, 0.15) is 13.2 Å². The maximum Gasteiger partial charge on any atom is 0.472 e. The largest absolute Gasteiger partial charge is 0.472 e. The van der Waals surface area contributed by atoms with Crippen LogP contribution in [-0.4, -0.2) is 73.4 Å². The van der Waals surface area contributed by atoms with E-state index in [2.05, 4.69) is 141 Å². The second kappa shape index (κ2) is 69.0. The Bertz CT molecular complexity index is 1920. The number of rotatable bonds is 67. The molecule has 0 fully saturated rings. The van der Waals surface area contributed by atoms with Gasteiger partial charge in [-0.1, -0.05) is 340 Å². The Morgan fingerprint density at radius 2 is 0.685 bits per heavy atom. The highest BCUT2D eigenvalue weighted by Crippen LogP contribution is 2.43. The summed E-state index contributed by atoms with van der Waals surface area (Å²) in [6, 6.07) is -0.882. The van der Waals surface area contributed by atoms with Crippen LogP contribution in [0.2, 0.25) is 0 Å². The summed E-state index contributed by atoms with van der Waals surface area (Å²) in [6.07, 6.45) is 105. The van der Waals surface area contributed by atoms with Gasteiger partial charge in [-0.15, -0.1) is 0 Å². The van der Waals surface area contributed by atoms with E-state index in [1.54, 1.807) is 6.08 Å². The van der Waals surface area contributed by atoms with Gasteiger partial charge in [0.25, 0.3) is 0 Å². The van der Waals surface area contributed by atoms with Gasteiger partial charge in [-0.05, 0) is 103 Å². The van der Waals surface area contributed by atoms with Gasteiger partial charge in [0.2, 0.25) is 5.91 Å². The van der Waals surface area contributed by atoms with Crippen LogP contribution in [0.5, 0.6) is 0 Å². The van der Waals surface area contributed by atoms with E-state index in [0.717, 1.165) is 109 Å². The predicted molar refractivity (Wildman–Crippen MR) is 391 cm³/mol. The highest BCUT2D eigenvalue weighted by molar-refractivity contribution is 7.47. The highest BCUT2D eigenvalue weighted by atomic mass is 31.2. The number of quaternary nitrogens is 1. The number of phosphoric ester groups is 1. The van der Waals surface area contributed by atoms with E-state index in [-0.39, 0.29) is 19.1 Å². The molecule has 0 bridgehead atoms. The molecule has 89 heavy (non-hydrogen) atoms. The number of hydrogen-bond acceptors (Lipinski definition) is 5. The maximum absolute atomic E-state index is 13.1. The Kier molecular flexibility index (Phi) is 66.4. The molecule has 512 valence electrons. The first kappa shape index (κ1) is 85.6. The highest BCUT2D eigenvalue weighted by Gasteiger charge is 2.28. The minimum Gasteiger partial charge on any atom is -0.387 e. The number of phosphoric acid groups is 1. The molecule has 0 saturated heterocycles. The number of aliphatic hydroxyl groups excluding tert-OH is 1. The van der Waals surface area contributed by atoms with E-state index < -0.39 is 20.0 Å². The molecule has 0 spiro atoms. The second-order valence-electron chi connectivity index (χ2n) is 25.9. The molecule has 3 unspecified atom stereocenters. The Morgan fingerprint density at radius 3 is 1.03 bits per heavy atom. The lowest BCUT2D eigenvalue weighted by Crippen LogP contribution is -2.45. The zero-order valence-corrected chi connectivity index (χ0v) is 59.5. The first-order chi connectivity index (χ1) is 43.5. The van der Waals surface area contributed by atoms with E-state index >= 15 is 0 Å². The van der Waals surface area contributed by atoms with Crippen molar-refractivity contribution in [3.63, 3.8) is 0 Å². The molecule has 0 aromatic rings. The number of nitrogens with one attached hydrogen (secondary N) is 1. The summed E-state index contributed by atoms with van der Waals surface area (Å²) in [5.41, 5.74) is 0. The molecule has 0 aromatic carbocycles. The number of allylic oxidation sites excluding steroid dienone is 21. The Hall–Kier alpha value is -3.36. The first-order valence-electron chi connectivity index (χ1n) is 37.1. The van der Waals surface area contributed by atoms with Gasteiger partial charge in [-0.2, -0.15) is 0 Å². The van der Waals surface area contributed by atoms with Gasteiger partial charge in [0, 0.05) is 6.42 Å². The van der Waals surface area contributed by atoms with Crippen LogP contribution in [-0.2, 0) is 18.4 Å². The molecule has 0 aromatic heterocycles. The standard InChI is InChI=1S/C80H141N2O6P/c1-6-8-10-12-14-16-18-20-22-24-26-28-30-32-34-36-38-40-41-42-44-46-48-50-52-54-56-58-60-62-64-66-68-70-72-74-80(84)81-78(77-88-89(85,86)87-76-75-82(3,4)5)79(83)73-71-69-67-65-63-61-59-57-55-53-51-49-47-45-43-39-37-35-33-31-29-27-25-23-21-19-17-15-13-11-9-7-2/h8,10,14,16,20,22,26,28,32,34,38,40,42,44,48,50,54,56,63,65,71,73,78-79,83H,6-7,9,11-13,15,17-19,21,23-25,27,29-31,33,35-37,39,41,43,45-47,49,51-53,55,57-62,64,66-70,72,74-77H2,1-5H3,(H-,81,84,85,86)/p+1/b10-8-,16-14-,22-20-,28-26-,34-32-,40-38-,44-42-,50-48-,56-54-,65-63+,73-71+. The van der Waals surface area contributed by atoms with E-state index in [4.69, 9.17) is 9.05 Å². The van der Waals surface area contributed by atoms with Crippen LogP contribution in [0.25, 0.3) is 0 Å². The quantitative estimate of drug-likeness (QED) is 0.0243. The van der Waals surface area contributed by atoms with Crippen molar-refractivity contribution < 1.29 is 32.9 Å². The summed E-state index contributed by atoms with van der Waals surface area (Å²) in [5, 5.41) is 14.0. The molecule has 0 saturated carbocycles. The molecule has 0 rings (SSSR count). The van der Waals surface area contributed by atoms with Crippen molar-refractivity contribution >= 4 is 13.7 Å². The number of likely N-dealkylation sites (N-methyl/N-ethyl adjacent to an activating group) is 1. The molecule has 3 N–H and O–H groups in total. The SMILES string of the molecule is CC/C=C\C/C=C\C/C=C\C/C=C\C/C=C\C/C=C\C/C=C\C/C=C\C/C=C\CCCCCCCCCC(=O)NC(COP(=O)(O)OCC[N+](C)(C)C)C(O)/C=C/CC/C=C/CCCCCCCCCCCCCCCCCCCCCCCCCCCC. The molecule has 0 aliphatic rings. The lowest BCUT2D eigenvalue weighted by atomic mass is 10.0. The Labute approximate surface area is 551 Å². The number of nitrogens with zero attached hydrogens (tertiary/aromatic N) is 1.